The number of ether oxygens (including phenoxy) is 1. The van der Waals surface area contributed by atoms with E-state index in [4.69, 9.17) is 39.5 Å². The van der Waals surface area contributed by atoms with Gasteiger partial charge in [0.25, 0.3) is 0 Å². The number of rotatable bonds is 3. The van der Waals surface area contributed by atoms with Gasteiger partial charge in [-0.1, -0.05) is 34.8 Å². The van der Waals surface area contributed by atoms with E-state index in [-0.39, 0.29) is 52.4 Å². The number of hydrogen-bond acceptors (Lipinski definition) is 4. The molecule has 0 atom stereocenters. The maximum Gasteiger partial charge on any atom is 0.169 e. The summed E-state index contributed by atoms with van der Waals surface area (Å²) in [5.41, 5.74) is -0.192. The standard InChI is InChI=1S/C14H11Cl3O4/c15-7-4-8(16)14(9(17)5-7)21-6-12(20)13-10(18)2-1-3-11(13)19/h4-5,20H,1-3,6H2. The molecule has 0 spiro atoms. The van der Waals surface area contributed by atoms with Crippen molar-refractivity contribution in [3.8, 4) is 5.75 Å². The fraction of sp³-hybridized carbons (Fsp3) is 0.286. The highest BCUT2D eigenvalue weighted by molar-refractivity contribution is 6.40. The zero-order valence-electron chi connectivity index (χ0n) is 10.8. The largest absolute Gasteiger partial charge is 0.508 e. The van der Waals surface area contributed by atoms with Crippen molar-refractivity contribution >= 4 is 46.4 Å². The summed E-state index contributed by atoms with van der Waals surface area (Å²) in [5, 5.41) is 10.6. The lowest BCUT2D eigenvalue weighted by Crippen LogP contribution is -2.22. The van der Waals surface area contributed by atoms with E-state index >= 15 is 0 Å². The molecule has 21 heavy (non-hydrogen) atoms. The summed E-state index contributed by atoms with van der Waals surface area (Å²) in [7, 11) is 0. The van der Waals surface area contributed by atoms with Crippen LogP contribution >= 0.6 is 34.8 Å². The van der Waals surface area contributed by atoms with E-state index in [1.165, 1.54) is 12.1 Å². The molecule has 0 heterocycles. The van der Waals surface area contributed by atoms with Gasteiger partial charge in [-0.15, -0.1) is 0 Å². The summed E-state index contributed by atoms with van der Waals surface area (Å²) < 4.78 is 5.30. The molecule has 4 nitrogen and oxygen atoms in total. The van der Waals surface area contributed by atoms with Crippen molar-refractivity contribution in [2.24, 2.45) is 0 Å². The molecule has 1 aliphatic carbocycles. The van der Waals surface area contributed by atoms with Crippen LogP contribution in [0.4, 0.5) is 0 Å². The zero-order chi connectivity index (χ0) is 15.6. The highest BCUT2D eigenvalue weighted by Gasteiger charge is 2.27. The zero-order valence-corrected chi connectivity index (χ0v) is 13.1. The lowest BCUT2D eigenvalue weighted by Gasteiger charge is -2.15. The predicted molar refractivity (Wildman–Crippen MR) is 80.5 cm³/mol. The third-order valence-electron chi connectivity index (χ3n) is 2.97. The molecule has 0 radical (unpaired) electrons. The lowest BCUT2D eigenvalue weighted by molar-refractivity contribution is -0.124. The second kappa shape index (κ2) is 6.69. The molecule has 0 aromatic heterocycles. The molecular weight excluding hydrogens is 339 g/mol. The molecule has 0 saturated heterocycles. The Morgan fingerprint density at radius 1 is 1.10 bits per heavy atom. The first kappa shape index (κ1) is 16.1. The molecule has 0 bridgehead atoms. The van der Waals surface area contributed by atoms with Gasteiger partial charge in [-0.05, 0) is 18.6 Å². The van der Waals surface area contributed by atoms with Crippen LogP contribution in [0.5, 0.6) is 5.75 Å². The predicted octanol–water partition coefficient (Wildman–Crippen LogP) is 4.16. The van der Waals surface area contributed by atoms with Crippen molar-refractivity contribution in [3.05, 3.63) is 38.5 Å². The van der Waals surface area contributed by atoms with Gasteiger partial charge in [-0.25, -0.2) is 0 Å². The highest BCUT2D eigenvalue weighted by atomic mass is 35.5. The molecule has 0 aliphatic heterocycles. The molecule has 1 saturated carbocycles. The van der Waals surface area contributed by atoms with Gasteiger partial charge in [-0.2, -0.15) is 0 Å². The van der Waals surface area contributed by atoms with Crippen LogP contribution in [0, 0.1) is 0 Å². The van der Waals surface area contributed by atoms with Crippen molar-refractivity contribution in [2.45, 2.75) is 19.3 Å². The smallest absolute Gasteiger partial charge is 0.169 e. The summed E-state index contributed by atoms with van der Waals surface area (Å²) in [6.45, 7) is -0.367. The quantitative estimate of drug-likeness (QED) is 0.505. The molecule has 0 amide bonds. The number of benzene rings is 1. The van der Waals surface area contributed by atoms with Crippen molar-refractivity contribution in [2.75, 3.05) is 6.61 Å². The van der Waals surface area contributed by atoms with Crippen molar-refractivity contribution in [1.82, 2.24) is 0 Å². The number of ketones is 2. The molecular formula is C14H11Cl3O4. The second-order valence-corrected chi connectivity index (χ2v) is 5.76. The Hall–Kier alpha value is -1.23. The van der Waals surface area contributed by atoms with Gasteiger partial charge in [0.05, 0.1) is 10.0 Å². The van der Waals surface area contributed by atoms with Crippen molar-refractivity contribution in [1.29, 1.82) is 0 Å². The van der Waals surface area contributed by atoms with Gasteiger partial charge in [0, 0.05) is 17.9 Å². The molecule has 112 valence electrons. The van der Waals surface area contributed by atoms with E-state index in [1.54, 1.807) is 0 Å². The van der Waals surface area contributed by atoms with E-state index in [2.05, 4.69) is 0 Å². The van der Waals surface area contributed by atoms with E-state index in [0.717, 1.165) is 0 Å². The monoisotopic (exact) mass is 348 g/mol. The number of halogens is 3. The van der Waals surface area contributed by atoms with Gasteiger partial charge in [-0.3, -0.25) is 9.59 Å². The van der Waals surface area contributed by atoms with E-state index < -0.39 is 5.76 Å². The van der Waals surface area contributed by atoms with Crippen LogP contribution in [0.3, 0.4) is 0 Å². The van der Waals surface area contributed by atoms with Gasteiger partial charge >= 0.3 is 0 Å². The number of carbonyl (C=O) groups excluding carboxylic acids is 2. The number of allylic oxidation sites excluding steroid dienone is 1. The Morgan fingerprint density at radius 3 is 2.14 bits per heavy atom. The first-order chi connectivity index (χ1) is 9.90. The first-order valence-electron chi connectivity index (χ1n) is 6.16. The minimum Gasteiger partial charge on any atom is -0.508 e. The minimum absolute atomic E-state index is 0.130. The number of hydrogen-bond donors (Lipinski definition) is 1. The lowest BCUT2D eigenvalue weighted by atomic mass is 9.91. The number of aliphatic hydroxyl groups is 1. The topological polar surface area (TPSA) is 63.6 Å². The number of Topliss-reactive ketones (excluding diaryl/α,β-unsaturated/α-hetero) is 2. The first-order valence-corrected chi connectivity index (χ1v) is 7.29. The van der Waals surface area contributed by atoms with Crippen LogP contribution in [-0.2, 0) is 9.59 Å². The maximum absolute atomic E-state index is 11.7. The molecule has 1 aromatic rings. The van der Waals surface area contributed by atoms with E-state index in [0.29, 0.717) is 11.4 Å². The van der Waals surface area contributed by atoms with Crippen LogP contribution in [0.1, 0.15) is 19.3 Å². The Bertz CT molecular complexity index is 596. The molecule has 0 unspecified atom stereocenters. The fourth-order valence-electron chi connectivity index (χ4n) is 2.02. The van der Waals surface area contributed by atoms with Crippen LogP contribution in [0.2, 0.25) is 15.1 Å². The molecule has 1 aromatic carbocycles. The van der Waals surface area contributed by atoms with Crippen LogP contribution in [0.25, 0.3) is 0 Å². The fourth-order valence-corrected chi connectivity index (χ4v) is 2.94. The third-order valence-corrected chi connectivity index (χ3v) is 3.75. The summed E-state index contributed by atoms with van der Waals surface area (Å²) in [5.74, 6) is -1.03. The Labute approximate surface area is 136 Å². The summed E-state index contributed by atoms with van der Waals surface area (Å²) in [6.07, 6.45) is 0.991. The molecule has 1 N–H and O–H groups in total. The Balaban J connectivity index is 2.19. The van der Waals surface area contributed by atoms with Crippen LogP contribution < -0.4 is 4.74 Å². The second-order valence-electron chi connectivity index (χ2n) is 4.51. The average molecular weight is 350 g/mol. The van der Waals surface area contributed by atoms with Crippen molar-refractivity contribution in [3.63, 3.8) is 0 Å². The van der Waals surface area contributed by atoms with Crippen LogP contribution in [-0.4, -0.2) is 23.3 Å². The molecule has 2 rings (SSSR count). The SMILES string of the molecule is O=C1CCCC(=O)C1=C(O)COc1c(Cl)cc(Cl)cc1Cl. The molecule has 1 fully saturated rings. The molecule has 7 heteroatoms. The number of aliphatic hydroxyl groups excluding tert-OH is 1. The van der Waals surface area contributed by atoms with E-state index in [9.17, 15) is 14.7 Å². The van der Waals surface area contributed by atoms with Gasteiger partial charge in [0.15, 0.2) is 17.3 Å². The van der Waals surface area contributed by atoms with Gasteiger partial charge in [0.1, 0.15) is 17.9 Å². The van der Waals surface area contributed by atoms with E-state index in [1.807, 2.05) is 0 Å². The van der Waals surface area contributed by atoms with Crippen molar-refractivity contribution < 1.29 is 19.4 Å². The number of carbonyl (C=O) groups is 2. The van der Waals surface area contributed by atoms with Gasteiger partial charge < -0.3 is 9.84 Å². The Morgan fingerprint density at radius 2 is 1.62 bits per heavy atom. The highest BCUT2D eigenvalue weighted by Crippen LogP contribution is 2.36. The average Bonchev–Trinajstić information content (AvgIpc) is 2.37. The van der Waals surface area contributed by atoms with Crippen LogP contribution in [0.15, 0.2) is 23.5 Å². The summed E-state index contributed by atoms with van der Waals surface area (Å²) in [4.78, 5) is 23.3. The minimum atomic E-state index is -0.410. The van der Waals surface area contributed by atoms with Gasteiger partial charge in [0.2, 0.25) is 0 Å². The normalized spacial score (nSPS) is 15.3. The maximum atomic E-state index is 11.7. The summed E-state index contributed by atoms with van der Waals surface area (Å²) >= 11 is 17.6. The third kappa shape index (κ3) is 3.70. The Kier molecular flexibility index (Phi) is 5.14. The molecule has 1 aliphatic rings. The summed E-state index contributed by atoms with van der Waals surface area (Å²) in [6, 6.07) is 2.87.